The van der Waals surface area contributed by atoms with Gasteiger partial charge in [0.2, 0.25) is 21.9 Å². The van der Waals surface area contributed by atoms with E-state index in [1.807, 2.05) is 0 Å². The van der Waals surface area contributed by atoms with Crippen LogP contribution in [0.15, 0.2) is 48.8 Å². The molecule has 0 radical (unpaired) electrons. The normalized spacial score (nSPS) is 12.1. The van der Waals surface area contributed by atoms with Gasteiger partial charge in [0.15, 0.2) is 5.82 Å². The number of aliphatic hydroxyl groups excluding tert-OH is 1. The number of ether oxygens (including phenoxy) is 3. The first-order chi connectivity index (χ1) is 17.8. The summed E-state index contributed by atoms with van der Waals surface area (Å²) in [5.74, 6) is 0.879. The van der Waals surface area contributed by atoms with Gasteiger partial charge in [-0.25, -0.2) is 23.4 Å². The highest BCUT2D eigenvalue weighted by Crippen LogP contribution is 2.37. The maximum atomic E-state index is 13.1. The molecule has 2 N–H and O–H groups in total. The lowest BCUT2D eigenvalue weighted by atomic mass is 10.2. The van der Waals surface area contributed by atoms with E-state index in [4.69, 9.17) is 14.2 Å². The van der Waals surface area contributed by atoms with Crippen molar-refractivity contribution in [1.29, 1.82) is 0 Å². The van der Waals surface area contributed by atoms with Crippen molar-refractivity contribution in [2.75, 3.05) is 31.8 Å². The Morgan fingerprint density at radius 1 is 0.973 bits per heavy atom. The number of anilines is 1. The summed E-state index contributed by atoms with van der Waals surface area (Å²) in [5.41, 5.74) is 0.939. The molecule has 0 aliphatic carbocycles. The van der Waals surface area contributed by atoms with Gasteiger partial charge in [-0.2, -0.15) is 0 Å². The van der Waals surface area contributed by atoms with Gasteiger partial charge in [0.05, 0.1) is 33.2 Å². The number of nitrogens with one attached hydrogen (secondary N) is 1. The molecule has 1 unspecified atom stereocenters. The zero-order valence-electron chi connectivity index (χ0n) is 20.5. The fraction of sp³-hybridized carbons (Fsp3) is 0.261. The van der Waals surface area contributed by atoms with Crippen molar-refractivity contribution >= 4 is 16.0 Å². The monoisotopic (exact) mass is 527 g/mol. The summed E-state index contributed by atoms with van der Waals surface area (Å²) in [7, 11) is 0.264. The van der Waals surface area contributed by atoms with Gasteiger partial charge in [-0.3, -0.25) is 9.29 Å². The Morgan fingerprint density at radius 2 is 1.62 bits per heavy atom. The molecule has 0 amide bonds. The van der Waals surface area contributed by atoms with E-state index in [-0.39, 0.29) is 17.3 Å². The first kappa shape index (κ1) is 25.8. The number of rotatable bonds is 10. The zero-order chi connectivity index (χ0) is 26.6. The average molecular weight is 528 g/mol. The summed E-state index contributed by atoms with van der Waals surface area (Å²) in [5, 5.41) is 18.8. The fourth-order valence-corrected chi connectivity index (χ4v) is 4.59. The summed E-state index contributed by atoms with van der Waals surface area (Å²) < 4.78 is 46.3. The largest absolute Gasteiger partial charge is 0.494 e. The molecule has 4 rings (SSSR count). The van der Waals surface area contributed by atoms with Crippen LogP contribution in [0.3, 0.4) is 0 Å². The number of benzene rings is 1. The molecular weight excluding hydrogens is 502 g/mol. The number of para-hydroxylation sites is 1. The van der Waals surface area contributed by atoms with Crippen LogP contribution < -0.4 is 18.9 Å². The van der Waals surface area contributed by atoms with Crippen molar-refractivity contribution in [1.82, 2.24) is 29.7 Å². The van der Waals surface area contributed by atoms with Crippen LogP contribution in [0.1, 0.15) is 17.5 Å². The summed E-state index contributed by atoms with van der Waals surface area (Å²) in [6, 6.07) is 10.1. The molecule has 14 heteroatoms. The molecule has 3 heterocycles. The number of aryl methyl sites for hydroxylation is 1. The van der Waals surface area contributed by atoms with E-state index in [9.17, 15) is 13.5 Å². The molecule has 1 atom stereocenters. The van der Waals surface area contributed by atoms with Crippen LogP contribution in [-0.4, -0.2) is 70.3 Å². The Morgan fingerprint density at radius 3 is 2.24 bits per heavy atom. The Hall–Kier alpha value is -4.30. The number of nitrogens with zero attached hydrogens (tertiary/aromatic N) is 6. The molecule has 4 aromatic rings. The van der Waals surface area contributed by atoms with Gasteiger partial charge in [0.1, 0.15) is 28.7 Å². The van der Waals surface area contributed by atoms with E-state index in [0.717, 1.165) is 0 Å². The number of methoxy groups -OCH3 is 3. The van der Waals surface area contributed by atoms with E-state index in [1.165, 1.54) is 38.3 Å². The van der Waals surface area contributed by atoms with Gasteiger partial charge in [-0.05, 0) is 25.1 Å². The van der Waals surface area contributed by atoms with Crippen LogP contribution in [-0.2, 0) is 10.0 Å². The highest BCUT2D eigenvalue weighted by Gasteiger charge is 2.27. The van der Waals surface area contributed by atoms with Gasteiger partial charge in [0, 0.05) is 24.0 Å². The molecule has 3 aromatic heterocycles. The van der Waals surface area contributed by atoms with Crippen LogP contribution >= 0.6 is 0 Å². The third-order valence-electron chi connectivity index (χ3n) is 5.26. The first-order valence-electron chi connectivity index (χ1n) is 10.9. The third-order valence-corrected chi connectivity index (χ3v) is 6.51. The lowest BCUT2D eigenvalue weighted by molar-refractivity contribution is 0.201. The van der Waals surface area contributed by atoms with Gasteiger partial charge in [0.25, 0.3) is 0 Å². The number of aliphatic hydroxyl groups is 1. The topological polar surface area (TPSA) is 163 Å². The van der Waals surface area contributed by atoms with Crippen LogP contribution in [0.25, 0.3) is 17.2 Å². The summed E-state index contributed by atoms with van der Waals surface area (Å²) in [6.45, 7) is 1.68. The maximum absolute atomic E-state index is 13.1. The Bertz CT molecular complexity index is 1470. The smallest absolute Gasteiger partial charge is 0.243 e. The summed E-state index contributed by atoms with van der Waals surface area (Å²) >= 11 is 0. The van der Waals surface area contributed by atoms with Crippen molar-refractivity contribution in [2.24, 2.45) is 0 Å². The molecule has 0 fully saturated rings. The number of pyridine rings is 1. The highest BCUT2D eigenvalue weighted by molar-refractivity contribution is 7.92. The van der Waals surface area contributed by atoms with E-state index < -0.39 is 21.9 Å². The molecule has 0 saturated heterocycles. The highest BCUT2D eigenvalue weighted by atomic mass is 32.2. The van der Waals surface area contributed by atoms with Crippen LogP contribution in [0.4, 0.5) is 5.95 Å². The zero-order valence-corrected chi connectivity index (χ0v) is 21.3. The maximum Gasteiger partial charge on any atom is 0.243 e. The van der Waals surface area contributed by atoms with Crippen molar-refractivity contribution in [3.05, 3.63) is 60.2 Å². The van der Waals surface area contributed by atoms with Gasteiger partial charge >= 0.3 is 0 Å². The van der Waals surface area contributed by atoms with Crippen LogP contribution in [0, 0.1) is 6.92 Å². The average Bonchev–Trinajstić information content (AvgIpc) is 3.30. The number of sulfonamides is 1. The lowest BCUT2D eigenvalue weighted by Gasteiger charge is -2.18. The first-order valence-corrected chi connectivity index (χ1v) is 12.6. The SMILES string of the molecule is COc1cccc(-c2nnc(NS(=O)(=O)CC(O)c3cnc(C)nc3)n2-c2c(OC)cccc2OC)n1. The molecule has 37 heavy (non-hydrogen) atoms. The standard InChI is InChI=1S/C23H25N7O6S/c1-14-24-11-15(12-25-14)17(31)13-37(32,33)29-23-28-27-22(16-7-5-10-20(26-16)36-4)30(23)21-18(34-2)8-6-9-19(21)35-3/h5-12,17,31H,13H2,1-4H3,(H,28,29). The molecule has 1 aromatic carbocycles. The predicted octanol–water partition coefficient (Wildman–Crippen LogP) is 1.93. The van der Waals surface area contributed by atoms with Crippen molar-refractivity contribution < 1.29 is 27.7 Å². The predicted molar refractivity (Wildman–Crippen MR) is 133 cm³/mol. The van der Waals surface area contributed by atoms with E-state index in [0.29, 0.717) is 34.6 Å². The molecular formula is C23H25N7O6S. The van der Waals surface area contributed by atoms with E-state index in [2.05, 4.69) is 29.9 Å². The number of hydrogen-bond donors (Lipinski definition) is 2. The van der Waals surface area contributed by atoms with E-state index >= 15 is 0 Å². The van der Waals surface area contributed by atoms with Gasteiger partial charge < -0.3 is 19.3 Å². The second kappa shape index (κ2) is 10.8. The Kier molecular flexibility index (Phi) is 7.50. The molecule has 0 aliphatic heterocycles. The van der Waals surface area contributed by atoms with Crippen LogP contribution in [0.5, 0.6) is 17.4 Å². The van der Waals surface area contributed by atoms with E-state index in [1.54, 1.807) is 43.3 Å². The Balaban J connectivity index is 1.80. The van der Waals surface area contributed by atoms with Crippen molar-refractivity contribution in [3.63, 3.8) is 0 Å². The third kappa shape index (κ3) is 5.59. The molecule has 194 valence electrons. The van der Waals surface area contributed by atoms with Crippen molar-refractivity contribution in [3.8, 4) is 34.6 Å². The number of hydrogen-bond acceptors (Lipinski definition) is 11. The summed E-state index contributed by atoms with van der Waals surface area (Å²) in [6.07, 6.45) is 1.36. The molecule has 0 bridgehead atoms. The summed E-state index contributed by atoms with van der Waals surface area (Å²) in [4.78, 5) is 12.4. The fourth-order valence-electron chi connectivity index (χ4n) is 3.49. The minimum atomic E-state index is -4.15. The van der Waals surface area contributed by atoms with Crippen LogP contribution in [0.2, 0.25) is 0 Å². The molecule has 0 aliphatic rings. The second-order valence-corrected chi connectivity index (χ2v) is 9.49. The van der Waals surface area contributed by atoms with Gasteiger partial charge in [-0.15, -0.1) is 10.2 Å². The quantitative estimate of drug-likeness (QED) is 0.310. The molecule has 0 saturated carbocycles. The molecule has 0 spiro atoms. The number of aromatic nitrogens is 6. The van der Waals surface area contributed by atoms with Crippen molar-refractivity contribution in [2.45, 2.75) is 13.0 Å². The molecule has 13 nitrogen and oxygen atoms in total. The second-order valence-electron chi connectivity index (χ2n) is 7.72. The minimum absolute atomic E-state index is 0.172. The minimum Gasteiger partial charge on any atom is -0.494 e. The Labute approximate surface area is 213 Å². The lowest BCUT2D eigenvalue weighted by Crippen LogP contribution is -2.24. The van der Waals surface area contributed by atoms with Gasteiger partial charge in [-0.1, -0.05) is 12.1 Å².